The van der Waals surface area contributed by atoms with Gasteiger partial charge in [-0.2, -0.15) is 0 Å². The number of nitrogens with zero attached hydrogens (tertiary/aromatic N) is 2. The molecule has 0 radical (unpaired) electrons. The largest absolute Gasteiger partial charge is 0.277 e. The van der Waals surface area contributed by atoms with E-state index in [1.807, 2.05) is 0 Å². The summed E-state index contributed by atoms with van der Waals surface area (Å²) in [5, 5.41) is -0.166. The van der Waals surface area contributed by atoms with Gasteiger partial charge in [-0.3, -0.25) is 4.72 Å². The topological polar surface area (TPSA) is 72.0 Å². The van der Waals surface area contributed by atoms with Gasteiger partial charge in [0.1, 0.15) is 10.7 Å². The molecule has 0 bridgehead atoms. The molecule has 1 heterocycles. The van der Waals surface area contributed by atoms with E-state index in [1.54, 1.807) is 0 Å². The zero-order chi connectivity index (χ0) is 14.9. The molecular formula is C10H5BrCl2FN3O2S. The highest BCUT2D eigenvalue weighted by Crippen LogP contribution is 2.33. The molecule has 0 spiro atoms. The van der Waals surface area contributed by atoms with Crippen LogP contribution in [0.1, 0.15) is 0 Å². The Morgan fingerprint density at radius 2 is 1.80 bits per heavy atom. The van der Waals surface area contributed by atoms with Crippen LogP contribution in [0.25, 0.3) is 0 Å². The van der Waals surface area contributed by atoms with Gasteiger partial charge in [0, 0.05) is 4.47 Å². The second-order valence-electron chi connectivity index (χ2n) is 3.54. The SMILES string of the molecule is O=S(=O)(Nc1c(Cl)cc(F)cc1Br)c1cnc(Cl)nc1. The maximum absolute atomic E-state index is 13.1. The fourth-order valence-electron chi connectivity index (χ4n) is 1.27. The molecule has 1 N–H and O–H groups in total. The van der Waals surface area contributed by atoms with Crippen LogP contribution >= 0.6 is 39.1 Å². The van der Waals surface area contributed by atoms with Gasteiger partial charge in [-0.15, -0.1) is 0 Å². The lowest BCUT2D eigenvalue weighted by molar-refractivity contribution is 0.600. The molecule has 10 heteroatoms. The van der Waals surface area contributed by atoms with Crippen LogP contribution in [0.5, 0.6) is 0 Å². The summed E-state index contributed by atoms with van der Waals surface area (Å²) >= 11 is 14.3. The minimum absolute atomic E-state index is 0.0167. The number of benzene rings is 1. The molecule has 0 amide bonds. The maximum Gasteiger partial charge on any atom is 0.265 e. The quantitative estimate of drug-likeness (QED) is 0.800. The minimum Gasteiger partial charge on any atom is -0.277 e. The molecule has 0 atom stereocenters. The van der Waals surface area contributed by atoms with E-state index < -0.39 is 15.8 Å². The number of rotatable bonds is 3. The summed E-state index contributed by atoms with van der Waals surface area (Å²) in [6.07, 6.45) is 2.09. The Hall–Kier alpha value is -0.960. The predicted octanol–water partition coefficient (Wildman–Crippen LogP) is 3.49. The Balaban J connectivity index is 2.41. The van der Waals surface area contributed by atoms with E-state index in [-0.39, 0.29) is 25.4 Å². The van der Waals surface area contributed by atoms with Crippen LogP contribution in [0.4, 0.5) is 10.1 Å². The first-order chi connectivity index (χ1) is 9.29. The Kier molecular flexibility index (Phi) is 4.48. The molecule has 0 aliphatic heterocycles. The zero-order valence-corrected chi connectivity index (χ0v) is 13.4. The van der Waals surface area contributed by atoms with Crippen LogP contribution in [0.2, 0.25) is 10.3 Å². The summed E-state index contributed by atoms with van der Waals surface area (Å²) in [5.41, 5.74) is 0.0167. The van der Waals surface area contributed by atoms with Gasteiger partial charge in [-0.25, -0.2) is 22.8 Å². The molecule has 0 aliphatic carbocycles. The Morgan fingerprint density at radius 1 is 1.20 bits per heavy atom. The van der Waals surface area contributed by atoms with E-state index in [4.69, 9.17) is 23.2 Å². The molecule has 5 nitrogen and oxygen atoms in total. The lowest BCUT2D eigenvalue weighted by Crippen LogP contribution is -2.14. The smallest absolute Gasteiger partial charge is 0.265 e. The van der Waals surface area contributed by atoms with Gasteiger partial charge < -0.3 is 0 Å². The van der Waals surface area contributed by atoms with Crippen molar-refractivity contribution in [2.45, 2.75) is 4.90 Å². The summed E-state index contributed by atoms with van der Waals surface area (Å²) in [7, 11) is -3.96. The first-order valence-electron chi connectivity index (χ1n) is 4.94. The van der Waals surface area contributed by atoms with Crippen LogP contribution in [-0.2, 0) is 10.0 Å². The van der Waals surface area contributed by atoms with E-state index in [2.05, 4.69) is 30.6 Å². The summed E-state index contributed by atoms with van der Waals surface area (Å²) in [5.74, 6) is -0.598. The number of halogens is 4. The van der Waals surface area contributed by atoms with Crippen LogP contribution in [-0.4, -0.2) is 18.4 Å². The van der Waals surface area contributed by atoms with Gasteiger partial charge in [-0.1, -0.05) is 11.6 Å². The highest BCUT2D eigenvalue weighted by Gasteiger charge is 2.19. The van der Waals surface area contributed by atoms with E-state index in [0.717, 1.165) is 24.5 Å². The number of sulfonamides is 1. The fourth-order valence-corrected chi connectivity index (χ4v) is 3.45. The first-order valence-corrected chi connectivity index (χ1v) is 7.98. The van der Waals surface area contributed by atoms with Crippen LogP contribution in [0, 0.1) is 5.82 Å². The molecule has 0 unspecified atom stereocenters. The highest BCUT2D eigenvalue weighted by atomic mass is 79.9. The summed E-state index contributed by atoms with van der Waals surface area (Å²) in [6.45, 7) is 0. The number of nitrogens with one attached hydrogen (secondary N) is 1. The van der Waals surface area contributed by atoms with E-state index >= 15 is 0 Å². The van der Waals surface area contributed by atoms with Crippen molar-refractivity contribution in [3.05, 3.63) is 45.1 Å². The van der Waals surface area contributed by atoms with E-state index in [0.29, 0.717) is 0 Å². The second-order valence-corrected chi connectivity index (χ2v) is 6.82. The average molecular weight is 401 g/mol. The number of anilines is 1. The molecule has 0 aliphatic rings. The molecular weight excluding hydrogens is 396 g/mol. The lowest BCUT2D eigenvalue weighted by Gasteiger charge is -2.11. The Bertz CT molecular complexity index is 733. The molecule has 0 fully saturated rings. The van der Waals surface area contributed by atoms with Crippen molar-refractivity contribution >= 4 is 54.8 Å². The van der Waals surface area contributed by atoms with E-state index in [9.17, 15) is 12.8 Å². The molecule has 2 rings (SSSR count). The van der Waals surface area contributed by atoms with Gasteiger partial charge >= 0.3 is 0 Å². The van der Waals surface area contributed by atoms with E-state index in [1.165, 1.54) is 0 Å². The Labute approximate surface area is 132 Å². The van der Waals surface area contributed by atoms with Crippen LogP contribution < -0.4 is 4.72 Å². The van der Waals surface area contributed by atoms with Crippen LogP contribution in [0.3, 0.4) is 0 Å². The standard InChI is InChI=1S/C10H5BrCl2FN3O2S/c11-7-1-5(14)2-8(12)9(7)17-20(18,19)6-3-15-10(13)16-4-6/h1-4,17H. The van der Waals surface area contributed by atoms with Crippen LogP contribution in [0.15, 0.2) is 33.9 Å². The van der Waals surface area contributed by atoms with Gasteiger partial charge in [0.05, 0.1) is 23.1 Å². The van der Waals surface area contributed by atoms with Crippen molar-refractivity contribution in [3.8, 4) is 0 Å². The average Bonchev–Trinajstić information content (AvgIpc) is 2.34. The minimum atomic E-state index is -3.96. The third-order valence-electron chi connectivity index (χ3n) is 2.15. The molecule has 106 valence electrons. The molecule has 0 saturated heterocycles. The number of hydrogen-bond donors (Lipinski definition) is 1. The normalized spacial score (nSPS) is 11.4. The predicted molar refractivity (Wildman–Crippen MR) is 77.0 cm³/mol. The van der Waals surface area contributed by atoms with Gasteiger partial charge in [0.2, 0.25) is 5.28 Å². The maximum atomic E-state index is 13.1. The van der Waals surface area contributed by atoms with Crippen molar-refractivity contribution in [1.29, 1.82) is 0 Å². The first kappa shape index (κ1) is 15.4. The number of hydrogen-bond acceptors (Lipinski definition) is 4. The molecule has 1 aromatic carbocycles. The molecule has 0 saturated carbocycles. The Morgan fingerprint density at radius 3 is 2.35 bits per heavy atom. The molecule has 1 aromatic heterocycles. The summed E-state index contributed by atoms with van der Waals surface area (Å²) in [6, 6.07) is 2.07. The van der Waals surface area contributed by atoms with Crippen molar-refractivity contribution in [2.24, 2.45) is 0 Å². The third kappa shape index (κ3) is 3.38. The molecule has 2 aromatic rings. The van der Waals surface area contributed by atoms with Gasteiger partial charge in [0.15, 0.2) is 0 Å². The number of aromatic nitrogens is 2. The van der Waals surface area contributed by atoms with Crippen molar-refractivity contribution < 1.29 is 12.8 Å². The lowest BCUT2D eigenvalue weighted by atomic mass is 10.3. The zero-order valence-electron chi connectivity index (χ0n) is 9.44. The van der Waals surface area contributed by atoms with Crippen molar-refractivity contribution in [2.75, 3.05) is 4.72 Å². The summed E-state index contributed by atoms with van der Waals surface area (Å²) < 4.78 is 39.7. The summed E-state index contributed by atoms with van der Waals surface area (Å²) in [4.78, 5) is 6.95. The second kappa shape index (κ2) is 5.80. The fraction of sp³-hybridized carbons (Fsp3) is 0. The molecule has 20 heavy (non-hydrogen) atoms. The van der Waals surface area contributed by atoms with Crippen molar-refractivity contribution in [1.82, 2.24) is 9.97 Å². The third-order valence-corrected chi connectivity index (χ3v) is 4.57. The monoisotopic (exact) mass is 399 g/mol. The van der Waals surface area contributed by atoms with Gasteiger partial charge in [0.25, 0.3) is 10.0 Å². The van der Waals surface area contributed by atoms with Crippen molar-refractivity contribution in [3.63, 3.8) is 0 Å². The van der Waals surface area contributed by atoms with Gasteiger partial charge in [-0.05, 0) is 39.7 Å². The highest BCUT2D eigenvalue weighted by molar-refractivity contribution is 9.10.